The zero-order valence-electron chi connectivity index (χ0n) is 15.0. The van der Waals surface area contributed by atoms with Gasteiger partial charge >= 0.3 is 5.97 Å². The molecule has 0 aliphatic carbocycles. The molecule has 1 atom stereocenters. The predicted octanol–water partition coefficient (Wildman–Crippen LogP) is 3.90. The van der Waals surface area contributed by atoms with Crippen molar-refractivity contribution >= 4 is 17.6 Å². The zero-order chi connectivity index (χ0) is 19.1. The van der Waals surface area contributed by atoms with Gasteiger partial charge in [0.05, 0.1) is 0 Å². The number of hydrogen-bond acceptors (Lipinski definition) is 4. The summed E-state index contributed by atoms with van der Waals surface area (Å²) in [6.45, 7) is 5.14. The number of carbonyl (C=O) groups is 2. The van der Waals surface area contributed by atoms with Gasteiger partial charge in [0.15, 0.2) is 24.3 Å². The topological polar surface area (TPSA) is 64.6 Å². The standard InChI is InChI=1S/C20H22FNO4/c1-13(2)15-8-10-16(11-9-15)22-20(24)14(3)26-19(23)12-25-18-7-5-4-6-17(18)21/h4-11,13-14H,12H2,1-3H3,(H,22,24)/t14-/m0/s1. The van der Waals surface area contributed by atoms with E-state index in [1.54, 1.807) is 18.2 Å². The molecule has 1 amide bonds. The number of anilines is 1. The molecule has 0 aliphatic heterocycles. The van der Waals surface area contributed by atoms with Crippen LogP contribution in [0.2, 0.25) is 0 Å². The van der Waals surface area contributed by atoms with Crippen molar-refractivity contribution in [2.24, 2.45) is 0 Å². The minimum atomic E-state index is -1.00. The lowest BCUT2D eigenvalue weighted by molar-refractivity contribution is -0.155. The Morgan fingerprint density at radius 3 is 2.31 bits per heavy atom. The average Bonchev–Trinajstić information content (AvgIpc) is 2.61. The largest absolute Gasteiger partial charge is 0.479 e. The summed E-state index contributed by atoms with van der Waals surface area (Å²) in [6, 6.07) is 13.2. The number of hydrogen-bond donors (Lipinski definition) is 1. The zero-order valence-corrected chi connectivity index (χ0v) is 15.0. The molecular formula is C20H22FNO4. The summed E-state index contributed by atoms with van der Waals surface area (Å²) in [6.07, 6.45) is -1.00. The number of esters is 1. The number of para-hydroxylation sites is 1. The van der Waals surface area contributed by atoms with Crippen LogP contribution in [0.15, 0.2) is 48.5 Å². The average molecular weight is 359 g/mol. The monoisotopic (exact) mass is 359 g/mol. The highest BCUT2D eigenvalue weighted by molar-refractivity contribution is 5.95. The Morgan fingerprint density at radius 1 is 1.04 bits per heavy atom. The van der Waals surface area contributed by atoms with E-state index >= 15 is 0 Å². The lowest BCUT2D eigenvalue weighted by atomic mass is 10.0. The molecule has 0 unspecified atom stereocenters. The maximum Gasteiger partial charge on any atom is 0.344 e. The van der Waals surface area contributed by atoms with Gasteiger partial charge in [-0.2, -0.15) is 0 Å². The first kappa shape index (κ1) is 19.4. The number of benzene rings is 2. The molecule has 5 nitrogen and oxygen atoms in total. The molecule has 2 rings (SSSR count). The highest BCUT2D eigenvalue weighted by atomic mass is 19.1. The van der Waals surface area contributed by atoms with Gasteiger partial charge in [-0.25, -0.2) is 9.18 Å². The van der Waals surface area contributed by atoms with Crippen molar-refractivity contribution in [2.75, 3.05) is 11.9 Å². The van der Waals surface area contributed by atoms with Gasteiger partial charge in [-0.3, -0.25) is 4.79 Å². The SMILES string of the molecule is CC(C)c1ccc(NC(=O)[C@H](C)OC(=O)COc2ccccc2F)cc1. The fraction of sp³-hybridized carbons (Fsp3) is 0.300. The second-order valence-electron chi connectivity index (χ2n) is 6.12. The molecule has 0 heterocycles. The molecule has 2 aromatic rings. The Kier molecular flexibility index (Phi) is 6.72. The smallest absolute Gasteiger partial charge is 0.344 e. The minimum Gasteiger partial charge on any atom is -0.479 e. The van der Waals surface area contributed by atoms with Crippen molar-refractivity contribution < 1.29 is 23.5 Å². The molecule has 6 heteroatoms. The summed E-state index contributed by atoms with van der Waals surface area (Å²) in [5.41, 5.74) is 1.78. The number of halogens is 1. The van der Waals surface area contributed by atoms with Crippen LogP contribution in [0.25, 0.3) is 0 Å². The lowest BCUT2D eigenvalue weighted by Gasteiger charge is -2.14. The fourth-order valence-electron chi connectivity index (χ4n) is 2.18. The minimum absolute atomic E-state index is 0.0493. The van der Waals surface area contributed by atoms with E-state index in [1.807, 2.05) is 12.1 Å². The summed E-state index contributed by atoms with van der Waals surface area (Å²) in [5.74, 6) is -1.44. The van der Waals surface area contributed by atoms with E-state index in [-0.39, 0.29) is 5.75 Å². The molecule has 138 valence electrons. The summed E-state index contributed by atoms with van der Waals surface area (Å²) < 4.78 is 23.5. The van der Waals surface area contributed by atoms with Crippen molar-refractivity contribution in [3.8, 4) is 5.75 Å². The number of ether oxygens (including phenoxy) is 2. The molecule has 26 heavy (non-hydrogen) atoms. The van der Waals surface area contributed by atoms with E-state index in [4.69, 9.17) is 9.47 Å². The molecule has 0 saturated carbocycles. The van der Waals surface area contributed by atoms with Gasteiger partial charge in [0.25, 0.3) is 5.91 Å². The van der Waals surface area contributed by atoms with Gasteiger partial charge in [0.1, 0.15) is 0 Å². The van der Waals surface area contributed by atoms with E-state index in [0.29, 0.717) is 11.6 Å². The van der Waals surface area contributed by atoms with Crippen LogP contribution in [-0.2, 0) is 14.3 Å². The van der Waals surface area contributed by atoms with Crippen molar-refractivity contribution in [2.45, 2.75) is 32.8 Å². The van der Waals surface area contributed by atoms with E-state index in [1.165, 1.54) is 25.1 Å². The Labute approximate surface area is 152 Å². The van der Waals surface area contributed by atoms with Crippen LogP contribution >= 0.6 is 0 Å². The highest BCUT2D eigenvalue weighted by Gasteiger charge is 2.18. The first-order valence-corrected chi connectivity index (χ1v) is 8.34. The van der Waals surface area contributed by atoms with Crippen LogP contribution in [0.4, 0.5) is 10.1 Å². The number of nitrogens with one attached hydrogen (secondary N) is 1. The highest BCUT2D eigenvalue weighted by Crippen LogP contribution is 2.18. The van der Waals surface area contributed by atoms with Crippen molar-refractivity contribution in [1.29, 1.82) is 0 Å². The molecule has 0 radical (unpaired) electrons. The van der Waals surface area contributed by atoms with Crippen molar-refractivity contribution in [1.82, 2.24) is 0 Å². The fourth-order valence-corrected chi connectivity index (χ4v) is 2.18. The molecular weight excluding hydrogens is 337 g/mol. The molecule has 0 spiro atoms. The number of amides is 1. The second kappa shape index (κ2) is 8.99. The van der Waals surface area contributed by atoms with E-state index in [0.717, 1.165) is 5.56 Å². The molecule has 1 N–H and O–H groups in total. The first-order chi connectivity index (χ1) is 12.4. The van der Waals surface area contributed by atoms with Gasteiger partial charge in [-0.05, 0) is 42.7 Å². The van der Waals surface area contributed by atoms with Crippen LogP contribution in [0.1, 0.15) is 32.3 Å². The summed E-state index contributed by atoms with van der Waals surface area (Å²) in [7, 11) is 0. The van der Waals surface area contributed by atoms with E-state index in [9.17, 15) is 14.0 Å². The van der Waals surface area contributed by atoms with Crippen LogP contribution < -0.4 is 10.1 Å². The molecule has 0 aromatic heterocycles. The third-order valence-electron chi connectivity index (χ3n) is 3.70. The molecule has 2 aromatic carbocycles. The van der Waals surface area contributed by atoms with Crippen LogP contribution in [-0.4, -0.2) is 24.6 Å². The Balaban J connectivity index is 1.82. The van der Waals surface area contributed by atoms with Gasteiger partial charge < -0.3 is 14.8 Å². The predicted molar refractivity (Wildman–Crippen MR) is 96.6 cm³/mol. The molecule has 0 aliphatic rings. The normalized spacial score (nSPS) is 11.7. The van der Waals surface area contributed by atoms with Gasteiger partial charge in [0.2, 0.25) is 0 Å². The van der Waals surface area contributed by atoms with Crippen LogP contribution in [0.3, 0.4) is 0 Å². The summed E-state index contributed by atoms with van der Waals surface area (Å²) in [5, 5.41) is 2.68. The maximum atomic E-state index is 13.4. The third kappa shape index (κ3) is 5.58. The van der Waals surface area contributed by atoms with Gasteiger partial charge in [-0.1, -0.05) is 38.1 Å². The first-order valence-electron chi connectivity index (χ1n) is 8.34. The Hall–Kier alpha value is -2.89. The second-order valence-corrected chi connectivity index (χ2v) is 6.12. The Bertz CT molecular complexity index is 759. The van der Waals surface area contributed by atoms with Crippen molar-refractivity contribution in [3.05, 3.63) is 59.9 Å². The lowest BCUT2D eigenvalue weighted by Crippen LogP contribution is -2.31. The van der Waals surface area contributed by atoms with Gasteiger partial charge in [0, 0.05) is 5.69 Å². The maximum absolute atomic E-state index is 13.4. The van der Waals surface area contributed by atoms with Crippen LogP contribution in [0, 0.1) is 5.82 Å². The molecule has 0 fully saturated rings. The summed E-state index contributed by atoms with van der Waals surface area (Å²) in [4.78, 5) is 23.9. The van der Waals surface area contributed by atoms with E-state index in [2.05, 4.69) is 19.2 Å². The number of carbonyl (C=O) groups excluding carboxylic acids is 2. The third-order valence-corrected chi connectivity index (χ3v) is 3.70. The van der Waals surface area contributed by atoms with E-state index < -0.39 is 30.4 Å². The van der Waals surface area contributed by atoms with Crippen LogP contribution in [0.5, 0.6) is 5.75 Å². The molecule has 0 bridgehead atoms. The molecule has 0 saturated heterocycles. The Morgan fingerprint density at radius 2 is 1.69 bits per heavy atom. The number of rotatable bonds is 7. The van der Waals surface area contributed by atoms with Gasteiger partial charge in [-0.15, -0.1) is 0 Å². The van der Waals surface area contributed by atoms with Crippen molar-refractivity contribution in [3.63, 3.8) is 0 Å². The summed E-state index contributed by atoms with van der Waals surface area (Å²) >= 11 is 0. The quantitative estimate of drug-likeness (QED) is 0.762.